The molecular weight excluding hydrogens is 1680 g/mol. The number of phenols is 1. The molecule has 0 aliphatic carbocycles. The zero-order chi connectivity index (χ0) is 75.5. The summed E-state index contributed by atoms with van der Waals surface area (Å²) in [6.07, 6.45) is 0.482. The lowest BCUT2D eigenvalue weighted by Crippen LogP contribution is -2.35. The number of ether oxygens (including phenoxy) is 3. The fourth-order valence-corrected chi connectivity index (χ4v) is 9.71. The van der Waals surface area contributed by atoms with E-state index in [4.69, 9.17) is 51.6 Å². The first-order valence-corrected chi connectivity index (χ1v) is 38.2. The lowest BCUT2D eigenvalue weighted by molar-refractivity contribution is -0.120. The molecule has 10 aromatic carbocycles. The van der Waals surface area contributed by atoms with Crippen LogP contribution in [0.3, 0.4) is 0 Å². The van der Waals surface area contributed by atoms with Gasteiger partial charge in [-0.3, -0.25) is 28.8 Å². The average molecular weight is 1760 g/mol. The van der Waals surface area contributed by atoms with Crippen LogP contribution in [0.2, 0.25) is 0 Å². The molecular formula is C76H78I3N13O13. The van der Waals surface area contributed by atoms with E-state index in [0.29, 0.717) is 63.2 Å². The highest BCUT2D eigenvalue weighted by molar-refractivity contribution is 15.0. The summed E-state index contributed by atoms with van der Waals surface area (Å²) in [6.45, 7) is 4.15. The Morgan fingerprint density at radius 2 is 0.895 bits per heavy atom. The highest BCUT2D eigenvalue weighted by Gasteiger charge is 2.21. The van der Waals surface area contributed by atoms with Crippen molar-refractivity contribution < 1.29 is 63.0 Å². The van der Waals surface area contributed by atoms with E-state index in [1.54, 1.807) is 91.0 Å². The van der Waals surface area contributed by atoms with Gasteiger partial charge in [0.05, 0.1) is 54.0 Å². The van der Waals surface area contributed by atoms with E-state index in [1.165, 1.54) is 14.1 Å². The van der Waals surface area contributed by atoms with Crippen LogP contribution in [0.4, 0.5) is 0 Å². The van der Waals surface area contributed by atoms with Gasteiger partial charge in [-0.05, 0) is 122 Å². The van der Waals surface area contributed by atoms with Crippen LogP contribution in [-0.2, 0) is 40.6 Å². The Morgan fingerprint density at radius 3 is 1.26 bits per heavy atom. The summed E-state index contributed by atoms with van der Waals surface area (Å²) in [5.41, 5.74) is 23.4. The number of nitrogens with two attached hydrogens (primary N) is 4. The number of primary amides is 1. The van der Waals surface area contributed by atoms with Crippen molar-refractivity contribution in [3.05, 3.63) is 262 Å². The maximum absolute atomic E-state index is 12.8. The van der Waals surface area contributed by atoms with Crippen LogP contribution >= 0.6 is 61.2 Å². The van der Waals surface area contributed by atoms with Crippen LogP contribution in [0.25, 0.3) is 43.7 Å². The normalized spacial score (nSPS) is 10.5. The largest absolute Gasteiger partial charge is 0.508 e. The Balaban J connectivity index is 0.000000277. The van der Waals surface area contributed by atoms with Crippen LogP contribution in [0.1, 0.15) is 90.2 Å². The number of carbonyl (C=O) groups is 6. The van der Waals surface area contributed by atoms with Gasteiger partial charge in [-0.2, -0.15) is 10.2 Å². The molecule has 0 aliphatic heterocycles. The van der Waals surface area contributed by atoms with E-state index in [0.717, 1.165) is 60.1 Å². The van der Waals surface area contributed by atoms with Crippen molar-refractivity contribution >= 4 is 135 Å². The number of aromatic nitrogens is 2. The smallest absolute Gasteiger partial charge is 0.255 e. The highest BCUT2D eigenvalue weighted by Crippen LogP contribution is 2.31. The quantitative estimate of drug-likeness (QED) is 0.00930. The lowest BCUT2D eigenvalue weighted by Gasteiger charge is -2.14. The van der Waals surface area contributed by atoms with Gasteiger partial charge in [0.15, 0.2) is 5.84 Å². The van der Waals surface area contributed by atoms with Crippen LogP contribution in [0.5, 0.6) is 23.0 Å². The number of rotatable bonds is 23. The summed E-state index contributed by atoms with van der Waals surface area (Å²) in [6, 6.07) is 63.4. The van der Waals surface area contributed by atoms with Crippen LogP contribution in [-0.4, -0.2) is 101 Å². The van der Waals surface area contributed by atoms with Crippen molar-refractivity contribution in [2.45, 2.75) is 46.1 Å². The molecule has 16 N–H and O–H groups in total. The van der Waals surface area contributed by atoms with Crippen molar-refractivity contribution in [1.29, 1.82) is 5.26 Å². The van der Waals surface area contributed by atoms with Crippen molar-refractivity contribution in [3.63, 3.8) is 0 Å². The van der Waals surface area contributed by atoms with Crippen molar-refractivity contribution in [1.82, 2.24) is 36.7 Å². The van der Waals surface area contributed by atoms with Gasteiger partial charge < -0.3 is 78.0 Å². The van der Waals surface area contributed by atoms with Crippen molar-refractivity contribution in [2.24, 2.45) is 28.3 Å². The maximum Gasteiger partial charge on any atom is 0.255 e. The second kappa shape index (κ2) is 44.5. The Bertz CT molecular complexity index is 4760. The van der Waals surface area contributed by atoms with Gasteiger partial charge in [0.1, 0.15) is 42.8 Å². The van der Waals surface area contributed by atoms with Gasteiger partial charge in [-0.25, -0.2) is 5.90 Å². The van der Waals surface area contributed by atoms with Crippen LogP contribution in [0.15, 0.2) is 216 Å². The third kappa shape index (κ3) is 25.7. The number of halogens is 3. The molecule has 29 heteroatoms. The number of amides is 6. The molecule has 1 atom stereocenters. The number of oxime groups is 1. The third-order valence-corrected chi connectivity index (χ3v) is 15.1. The number of nitriles is 1. The second-order valence-electron chi connectivity index (χ2n) is 21.9. The number of benzene rings is 10. The molecule has 105 heavy (non-hydrogen) atoms. The zero-order valence-electron chi connectivity index (χ0n) is 57.3. The number of hydrogen-bond acceptors (Lipinski definition) is 19. The standard InChI is InChI=1S/C30H27N5O5.C22H22N4O4.C22H19N3O3.C2H6.I2.HI.H3NO/c31-25(13-18-7-11-23(36)12-8-18)30-34-28(35-40-30)20-9-5-19(6-10-20)17-39-26-15-22-4-2-1-3-21(22)14-24(26)29(38)33-16-27(32)37;1-24-20(27)12-25-22(28)18-10-16-4-2-3-5-17(16)11-19(18)30-13-14-6-8-15(9-7-14)21(23)26-29;1-24-21(26)13-25-22(27)19-10-17-4-2-3-5-18(17)11-20(19)28-14-16-8-6-15(12-23)7-9-16;2*1-2;;1-2/h1-12,14-15,25,36H,13,16-17,31H2,(H2,32,37)(H,33,38);2-11,29H,12-13H2,1H3,(H2,23,26)(H,24,27)(H,25,28);2-11H,13-14H2,1H3,(H,24,26)(H,25,27);1-2H3;;1H;2H,1H2. The Hall–Kier alpha value is -11.0. The molecule has 6 amide bonds. The number of hydrogen-bond donors (Lipinski definition) is 12. The summed E-state index contributed by atoms with van der Waals surface area (Å²) in [7, 11) is 3.01. The molecule has 26 nitrogen and oxygen atoms in total. The number of nitrogens with one attached hydrogen (secondary N) is 5. The second-order valence-corrected chi connectivity index (χ2v) is 21.9. The molecule has 0 spiro atoms. The van der Waals surface area contributed by atoms with Gasteiger partial charge in [-0.1, -0.05) is 170 Å². The van der Waals surface area contributed by atoms with E-state index in [-0.39, 0.29) is 92.7 Å². The Morgan fingerprint density at radius 1 is 0.543 bits per heavy atom. The van der Waals surface area contributed by atoms with Gasteiger partial charge in [0, 0.05) is 62.5 Å². The lowest BCUT2D eigenvalue weighted by atomic mass is 10.1. The number of amidine groups is 1. The van der Waals surface area contributed by atoms with Gasteiger partial charge in [0.2, 0.25) is 29.4 Å². The number of phenolic OH excluding ortho intramolecular Hbond substituents is 1. The van der Waals surface area contributed by atoms with E-state index in [2.05, 4.69) is 91.1 Å². The average Bonchev–Trinajstić information content (AvgIpc) is 1.35. The Labute approximate surface area is 645 Å². The minimum absolute atomic E-state index is 0. The molecule has 0 fully saturated rings. The summed E-state index contributed by atoms with van der Waals surface area (Å²) in [5.74, 6) is 3.20. The van der Waals surface area contributed by atoms with E-state index < -0.39 is 23.8 Å². The Kier molecular flexibility index (Phi) is 35.8. The summed E-state index contributed by atoms with van der Waals surface area (Å²) in [5, 5.41) is 58.7. The minimum Gasteiger partial charge on any atom is -0.508 e. The van der Waals surface area contributed by atoms with Crippen molar-refractivity contribution in [3.8, 4) is 40.5 Å². The summed E-state index contributed by atoms with van der Waals surface area (Å²) in [4.78, 5) is 76.5. The van der Waals surface area contributed by atoms with E-state index in [9.17, 15) is 33.9 Å². The van der Waals surface area contributed by atoms with Crippen LogP contribution < -0.4 is 63.9 Å². The zero-order valence-corrected chi connectivity index (χ0v) is 64.0. The molecule has 1 aromatic heterocycles. The molecule has 0 aliphatic rings. The third-order valence-electron chi connectivity index (χ3n) is 15.1. The number of likely N-dealkylation sites (N-methyl/N-ethyl adjacent to an activating group) is 2. The molecule has 11 aromatic rings. The molecule has 0 radical (unpaired) electrons. The maximum atomic E-state index is 12.8. The molecule has 1 heterocycles. The number of aromatic hydroxyl groups is 1. The highest BCUT2D eigenvalue weighted by atomic mass is 128. The molecule has 11 rings (SSSR count). The number of carbonyl (C=O) groups excluding carboxylic acids is 6. The van der Waals surface area contributed by atoms with Crippen LogP contribution in [0, 0.1) is 11.3 Å². The van der Waals surface area contributed by atoms with E-state index in [1.807, 2.05) is 129 Å². The fourth-order valence-electron chi connectivity index (χ4n) is 9.71. The first-order chi connectivity index (χ1) is 50.5. The number of nitrogens with zero attached hydrogens (tertiary/aromatic N) is 4. The molecule has 0 bridgehead atoms. The summed E-state index contributed by atoms with van der Waals surface area (Å²) >= 11 is 4.24. The minimum atomic E-state index is -0.634. The van der Waals surface area contributed by atoms with Crippen molar-refractivity contribution in [2.75, 3.05) is 33.7 Å². The molecule has 546 valence electrons. The van der Waals surface area contributed by atoms with Gasteiger partial charge in [-0.15, -0.1) is 24.0 Å². The predicted octanol–water partition coefficient (Wildman–Crippen LogP) is 11.1. The summed E-state index contributed by atoms with van der Waals surface area (Å²) < 4.78 is 23.3. The monoisotopic (exact) mass is 1760 g/mol. The number of fused-ring (bicyclic) bond motifs is 3. The van der Waals surface area contributed by atoms with Gasteiger partial charge >= 0.3 is 0 Å². The molecule has 1 unspecified atom stereocenters. The molecule has 0 saturated carbocycles. The van der Waals surface area contributed by atoms with Gasteiger partial charge in [0.25, 0.3) is 17.7 Å². The topological polar surface area (TPSA) is 430 Å². The SMILES string of the molecule is CC.CNC(=O)CNC(=O)c1cc2ccccc2cc1OCc1ccc(/C(N)=N/O)cc1.CNC(=O)CNC(=O)c1cc2ccccc2cc1OCc1ccc(C#N)cc1.I.II.NC(=O)CNC(=O)c1cc2ccccc2cc1OCc1ccc(-c2noc(C(N)Cc3ccc(O)cc3)n2)cc1.NO. The van der Waals surface area contributed by atoms with E-state index >= 15 is 0 Å². The fraction of sp³-hybridized carbons (Fsp3) is 0.158. The predicted molar refractivity (Wildman–Crippen MR) is 429 cm³/mol. The first-order valence-electron chi connectivity index (χ1n) is 31.9. The first kappa shape index (κ1) is 84.6. The molecule has 0 saturated heterocycles.